The molecular weight excluding hydrogens is 306 g/mol. The summed E-state index contributed by atoms with van der Waals surface area (Å²) in [6, 6.07) is 7.53. The maximum Gasteiger partial charge on any atom is 0.345 e. The van der Waals surface area contributed by atoms with Crippen LogP contribution in [0.5, 0.6) is 5.75 Å². The molecule has 0 atom stereocenters. The Hall–Kier alpha value is -2.63. The van der Waals surface area contributed by atoms with Crippen molar-refractivity contribution in [3.63, 3.8) is 0 Å². The van der Waals surface area contributed by atoms with Crippen molar-refractivity contribution in [1.82, 2.24) is 15.3 Å². The van der Waals surface area contributed by atoms with Gasteiger partial charge >= 0.3 is 5.69 Å². The van der Waals surface area contributed by atoms with E-state index in [1.165, 1.54) is 0 Å². The molecule has 0 aliphatic rings. The van der Waals surface area contributed by atoms with E-state index in [0.717, 1.165) is 16.9 Å². The Kier molecular flexibility index (Phi) is 5.39. The van der Waals surface area contributed by atoms with Crippen LogP contribution < -0.4 is 15.7 Å². The molecule has 0 aliphatic carbocycles. The van der Waals surface area contributed by atoms with Crippen LogP contribution in [-0.4, -0.2) is 23.0 Å². The Morgan fingerprint density at radius 1 is 1.29 bits per heavy atom. The summed E-state index contributed by atoms with van der Waals surface area (Å²) < 4.78 is 5.11. The molecule has 1 aromatic carbocycles. The number of aromatic nitrogens is 2. The zero-order chi connectivity index (χ0) is 17.7. The Balaban J connectivity index is 1.99. The van der Waals surface area contributed by atoms with E-state index in [2.05, 4.69) is 15.3 Å². The largest absolute Gasteiger partial charge is 0.497 e. The van der Waals surface area contributed by atoms with E-state index in [4.69, 9.17) is 4.74 Å². The number of hydrogen-bond donors (Lipinski definition) is 2. The smallest absolute Gasteiger partial charge is 0.345 e. The molecule has 0 saturated heterocycles. The first-order chi connectivity index (χ1) is 11.3. The lowest BCUT2D eigenvalue weighted by atomic mass is 9.83. The van der Waals surface area contributed by atoms with Gasteiger partial charge in [-0.2, -0.15) is 4.98 Å². The molecule has 6 nitrogen and oxygen atoms in total. The molecule has 1 heterocycles. The van der Waals surface area contributed by atoms with E-state index in [0.29, 0.717) is 12.2 Å². The highest BCUT2D eigenvalue weighted by Gasteiger charge is 2.27. The Morgan fingerprint density at radius 3 is 2.58 bits per heavy atom. The number of H-pyrrole nitrogens is 1. The van der Waals surface area contributed by atoms with Crippen LogP contribution >= 0.6 is 0 Å². The minimum absolute atomic E-state index is 0.0858. The molecule has 128 valence electrons. The number of ether oxygens (including phenoxy) is 1. The molecule has 0 spiro atoms. The number of aromatic amines is 1. The van der Waals surface area contributed by atoms with Crippen molar-refractivity contribution < 1.29 is 9.53 Å². The number of aryl methyl sites for hydroxylation is 1. The van der Waals surface area contributed by atoms with Gasteiger partial charge in [0.05, 0.1) is 12.8 Å². The number of nitrogens with zero attached hydrogens (tertiary/aromatic N) is 1. The molecule has 0 radical (unpaired) electrons. The van der Waals surface area contributed by atoms with E-state index >= 15 is 0 Å². The molecule has 24 heavy (non-hydrogen) atoms. The van der Waals surface area contributed by atoms with E-state index in [1.54, 1.807) is 13.3 Å². The van der Waals surface area contributed by atoms with Crippen molar-refractivity contribution >= 4 is 5.91 Å². The maximum atomic E-state index is 12.3. The molecule has 1 amide bonds. The standard InChI is InChI=1S/C18H23N3O3/c1-12-10-20-17(23)21-16(12)18(2,3)9-15(22)19-11-13-5-7-14(24-4)8-6-13/h5-8,10H,9,11H2,1-4H3,(H,19,22)(H,20,21,23). The minimum atomic E-state index is -0.525. The van der Waals surface area contributed by atoms with Crippen molar-refractivity contribution in [1.29, 1.82) is 0 Å². The Bertz CT molecular complexity index is 764. The molecule has 0 unspecified atom stereocenters. The third-order valence-corrected chi connectivity index (χ3v) is 3.89. The van der Waals surface area contributed by atoms with Crippen LogP contribution in [0.25, 0.3) is 0 Å². The summed E-state index contributed by atoms with van der Waals surface area (Å²) in [6.45, 7) is 6.14. The van der Waals surface area contributed by atoms with Gasteiger partial charge in [-0.15, -0.1) is 0 Å². The summed E-state index contributed by atoms with van der Waals surface area (Å²) in [5, 5.41) is 2.90. The zero-order valence-corrected chi connectivity index (χ0v) is 14.5. The second-order valence-electron chi connectivity index (χ2n) is 6.42. The van der Waals surface area contributed by atoms with Gasteiger partial charge in [-0.05, 0) is 30.2 Å². The first kappa shape index (κ1) is 17.7. The average Bonchev–Trinajstić information content (AvgIpc) is 2.55. The van der Waals surface area contributed by atoms with Gasteiger partial charge in [0.25, 0.3) is 0 Å². The first-order valence-corrected chi connectivity index (χ1v) is 7.78. The number of rotatable bonds is 6. The molecule has 2 aromatic rings. The van der Waals surface area contributed by atoms with Gasteiger partial charge in [0.15, 0.2) is 0 Å². The number of benzene rings is 1. The molecule has 1 aromatic heterocycles. The topological polar surface area (TPSA) is 84.1 Å². The van der Waals surface area contributed by atoms with Crippen LogP contribution in [0.4, 0.5) is 0 Å². The third kappa shape index (κ3) is 4.44. The highest BCUT2D eigenvalue weighted by molar-refractivity contribution is 5.77. The maximum absolute atomic E-state index is 12.3. The normalized spacial score (nSPS) is 11.2. The van der Waals surface area contributed by atoms with Crippen LogP contribution in [-0.2, 0) is 16.8 Å². The molecule has 2 rings (SSSR count). The Morgan fingerprint density at radius 2 is 1.96 bits per heavy atom. The SMILES string of the molecule is COc1ccc(CNC(=O)CC(C)(C)c2nc(=O)[nH]cc2C)cc1. The van der Waals surface area contributed by atoms with Crippen LogP contribution in [0.1, 0.15) is 37.1 Å². The molecule has 0 bridgehead atoms. The first-order valence-electron chi connectivity index (χ1n) is 7.78. The van der Waals surface area contributed by atoms with Crippen LogP contribution in [0, 0.1) is 6.92 Å². The third-order valence-electron chi connectivity index (χ3n) is 3.89. The summed E-state index contributed by atoms with van der Waals surface area (Å²) in [6.07, 6.45) is 1.88. The monoisotopic (exact) mass is 329 g/mol. The quantitative estimate of drug-likeness (QED) is 0.850. The lowest BCUT2D eigenvalue weighted by molar-refractivity contribution is -0.122. The molecule has 6 heteroatoms. The van der Waals surface area contributed by atoms with Crippen molar-refractivity contribution in [2.75, 3.05) is 7.11 Å². The van der Waals surface area contributed by atoms with Crippen LogP contribution in [0.15, 0.2) is 35.3 Å². The lowest BCUT2D eigenvalue weighted by Crippen LogP contribution is -2.33. The summed E-state index contributed by atoms with van der Waals surface area (Å²) in [4.78, 5) is 30.3. The number of carbonyl (C=O) groups is 1. The molecule has 2 N–H and O–H groups in total. The molecular formula is C18H23N3O3. The molecule has 0 saturated carbocycles. The fourth-order valence-corrected chi connectivity index (χ4v) is 2.64. The number of carbonyl (C=O) groups excluding carboxylic acids is 1. The van der Waals surface area contributed by atoms with E-state index in [9.17, 15) is 9.59 Å². The predicted octanol–water partition coefficient (Wildman–Crippen LogP) is 2.07. The van der Waals surface area contributed by atoms with Gasteiger partial charge in [0.2, 0.25) is 5.91 Å². The summed E-state index contributed by atoms with van der Waals surface area (Å²) >= 11 is 0. The fraction of sp³-hybridized carbons (Fsp3) is 0.389. The van der Waals surface area contributed by atoms with E-state index in [1.807, 2.05) is 45.0 Å². The number of amides is 1. The van der Waals surface area contributed by atoms with Gasteiger partial charge in [-0.25, -0.2) is 4.79 Å². The predicted molar refractivity (Wildman–Crippen MR) is 92.1 cm³/mol. The highest BCUT2D eigenvalue weighted by atomic mass is 16.5. The lowest BCUT2D eigenvalue weighted by Gasteiger charge is -2.24. The second-order valence-corrected chi connectivity index (χ2v) is 6.42. The summed E-state index contributed by atoms with van der Waals surface area (Å²) in [5.41, 5.74) is 1.57. The van der Waals surface area contributed by atoms with E-state index in [-0.39, 0.29) is 12.3 Å². The van der Waals surface area contributed by atoms with Gasteiger partial charge < -0.3 is 15.0 Å². The molecule has 0 fully saturated rings. The van der Waals surface area contributed by atoms with Crippen molar-refractivity contribution in [2.24, 2.45) is 0 Å². The molecule has 0 aliphatic heterocycles. The summed E-state index contributed by atoms with van der Waals surface area (Å²) in [5.74, 6) is 0.694. The number of hydrogen-bond acceptors (Lipinski definition) is 4. The zero-order valence-electron chi connectivity index (χ0n) is 14.5. The minimum Gasteiger partial charge on any atom is -0.497 e. The van der Waals surface area contributed by atoms with Gasteiger partial charge in [-0.1, -0.05) is 26.0 Å². The number of nitrogens with one attached hydrogen (secondary N) is 2. The highest BCUT2D eigenvalue weighted by Crippen LogP contribution is 2.26. The fourth-order valence-electron chi connectivity index (χ4n) is 2.64. The average molecular weight is 329 g/mol. The second kappa shape index (κ2) is 7.29. The van der Waals surface area contributed by atoms with Gasteiger partial charge in [-0.3, -0.25) is 4.79 Å². The van der Waals surface area contributed by atoms with Crippen molar-refractivity contribution in [3.05, 3.63) is 57.8 Å². The van der Waals surface area contributed by atoms with Gasteiger partial charge in [0, 0.05) is 24.6 Å². The van der Waals surface area contributed by atoms with Crippen LogP contribution in [0.2, 0.25) is 0 Å². The van der Waals surface area contributed by atoms with Gasteiger partial charge in [0.1, 0.15) is 5.75 Å². The van der Waals surface area contributed by atoms with Crippen molar-refractivity contribution in [3.8, 4) is 5.75 Å². The van der Waals surface area contributed by atoms with Crippen molar-refractivity contribution in [2.45, 2.75) is 39.2 Å². The number of methoxy groups -OCH3 is 1. The summed E-state index contributed by atoms with van der Waals surface area (Å²) in [7, 11) is 1.61. The Labute approximate surface area is 141 Å². The van der Waals surface area contributed by atoms with E-state index < -0.39 is 11.1 Å². The van der Waals surface area contributed by atoms with Crippen LogP contribution in [0.3, 0.4) is 0 Å².